The molecule has 1 atom stereocenters. The first kappa shape index (κ1) is 11.5. The minimum absolute atomic E-state index is 0.108. The summed E-state index contributed by atoms with van der Waals surface area (Å²) >= 11 is 0. The van der Waals surface area contributed by atoms with Crippen LogP contribution in [-0.2, 0) is 9.53 Å². The van der Waals surface area contributed by atoms with Crippen LogP contribution in [0.15, 0.2) is 0 Å². The molecule has 1 rings (SSSR count). The van der Waals surface area contributed by atoms with E-state index in [1.165, 1.54) is 0 Å². The second-order valence-electron chi connectivity index (χ2n) is 4.74. The molecule has 1 aliphatic heterocycles. The first-order valence-electron chi connectivity index (χ1n) is 4.98. The maximum atomic E-state index is 10.9. The zero-order chi connectivity index (χ0) is 10.8. The van der Waals surface area contributed by atoms with Crippen LogP contribution in [0.3, 0.4) is 0 Å². The number of ether oxygens (including phenoxy) is 1. The van der Waals surface area contributed by atoms with Gasteiger partial charge >= 0.3 is 5.97 Å². The second kappa shape index (κ2) is 4.28. The van der Waals surface area contributed by atoms with Crippen molar-refractivity contribution in [3.8, 4) is 0 Å². The van der Waals surface area contributed by atoms with Crippen molar-refractivity contribution in [3.63, 3.8) is 0 Å². The summed E-state index contributed by atoms with van der Waals surface area (Å²) in [5.41, 5.74) is 0.128. The molecule has 2 N–H and O–H groups in total. The van der Waals surface area contributed by atoms with Gasteiger partial charge in [0.25, 0.3) is 0 Å². The molecular formula is C10H19NO3. The van der Waals surface area contributed by atoms with Crippen molar-refractivity contribution in [2.24, 2.45) is 11.3 Å². The van der Waals surface area contributed by atoms with Crippen LogP contribution in [0.5, 0.6) is 0 Å². The van der Waals surface area contributed by atoms with Crippen molar-refractivity contribution < 1.29 is 14.6 Å². The summed E-state index contributed by atoms with van der Waals surface area (Å²) in [6.45, 7) is 8.08. The largest absolute Gasteiger partial charge is 0.480 e. The van der Waals surface area contributed by atoms with E-state index in [0.29, 0.717) is 6.54 Å². The third-order valence-electron chi connectivity index (χ3n) is 2.58. The Morgan fingerprint density at radius 3 is 2.43 bits per heavy atom. The molecule has 4 nitrogen and oxygen atoms in total. The molecule has 0 radical (unpaired) electrons. The molecule has 1 fully saturated rings. The Kier molecular flexibility index (Phi) is 3.50. The Hall–Kier alpha value is -0.610. The molecule has 1 heterocycles. The molecule has 0 aromatic heterocycles. The highest BCUT2D eigenvalue weighted by atomic mass is 16.5. The number of rotatable bonds is 5. The molecule has 0 aromatic rings. The number of hydrogen-bond acceptors (Lipinski definition) is 3. The highest BCUT2D eigenvalue weighted by Gasteiger charge is 2.34. The predicted octanol–water partition coefficient (Wildman–Crippen LogP) is 0.722. The first-order valence-corrected chi connectivity index (χ1v) is 4.98. The van der Waals surface area contributed by atoms with E-state index >= 15 is 0 Å². The minimum atomic E-state index is -0.774. The van der Waals surface area contributed by atoms with Gasteiger partial charge in [-0.15, -0.1) is 0 Å². The Labute approximate surface area is 84.6 Å². The van der Waals surface area contributed by atoms with Crippen LogP contribution in [0.2, 0.25) is 0 Å². The summed E-state index contributed by atoms with van der Waals surface area (Å²) in [5.74, 6) is -0.666. The van der Waals surface area contributed by atoms with Gasteiger partial charge in [0.1, 0.15) is 6.04 Å². The Balaban J connectivity index is 2.36. The lowest BCUT2D eigenvalue weighted by atomic mass is 9.88. The van der Waals surface area contributed by atoms with Gasteiger partial charge in [-0.05, 0) is 5.92 Å². The molecule has 14 heavy (non-hydrogen) atoms. The number of carboxylic acids is 1. The van der Waals surface area contributed by atoms with Gasteiger partial charge < -0.3 is 15.2 Å². The number of hydrogen-bond donors (Lipinski definition) is 2. The van der Waals surface area contributed by atoms with E-state index < -0.39 is 12.0 Å². The fraction of sp³-hybridized carbons (Fsp3) is 0.900. The van der Waals surface area contributed by atoms with Crippen LogP contribution in [0, 0.1) is 11.3 Å². The third-order valence-corrected chi connectivity index (χ3v) is 2.58. The summed E-state index contributed by atoms with van der Waals surface area (Å²) in [4.78, 5) is 10.9. The van der Waals surface area contributed by atoms with Crippen molar-refractivity contribution >= 4 is 5.97 Å². The van der Waals surface area contributed by atoms with E-state index in [1.807, 2.05) is 13.8 Å². The number of carbonyl (C=O) groups is 1. The van der Waals surface area contributed by atoms with Gasteiger partial charge in [0.15, 0.2) is 0 Å². The molecule has 0 bridgehead atoms. The lowest BCUT2D eigenvalue weighted by Crippen LogP contribution is -2.52. The van der Waals surface area contributed by atoms with E-state index in [2.05, 4.69) is 12.2 Å². The molecule has 0 spiro atoms. The number of nitrogens with one attached hydrogen (secondary N) is 1. The molecule has 0 amide bonds. The van der Waals surface area contributed by atoms with Crippen LogP contribution >= 0.6 is 0 Å². The zero-order valence-electron chi connectivity index (χ0n) is 9.04. The minimum Gasteiger partial charge on any atom is -0.480 e. The van der Waals surface area contributed by atoms with Gasteiger partial charge in [-0.2, -0.15) is 0 Å². The predicted molar refractivity (Wildman–Crippen MR) is 53.2 cm³/mol. The van der Waals surface area contributed by atoms with Gasteiger partial charge in [0.05, 0.1) is 13.2 Å². The normalized spacial score (nSPS) is 21.7. The highest BCUT2D eigenvalue weighted by molar-refractivity contribution is 5.73. The van der Waals surface area contributed by atoms with Crippen LogP contribution in [0.25, 0.3) is 0 Å². The van der Waals surface area contributed by atoms with Crippen molar-refractivity contribution in [3.05, 3.63) is 0 Å². The monoisotopic (exact) mass is 201 g/mol. The Morgan fingerprint density at radius 2 is 2.14 bits per heavy atom. The fourth-order valence-corrected chi connectivity index (χ4v) is 1.52. The lowest BCUT2D eigenvalue weighted by Gasteiger charge is -2.39. The topological polar surface area (TPSA) is 58.6 Å². The molecule has 0 aliphatic carbocycles. The van der Waals surface area contributed by atoms with Crippen molar-refractivity contribution in [1.29, 1.82) is 0 Å². The molecule has 82 valence electrons. The molecule has 4 heteroatoms. The molecule has 0 aromatic carbocycles. The van der Waals surface area contributed by atoms with Crippen LogP contribution in [0.4, 0.5) is 0 Å². The number of carboxylic acid groups (broad SMARTS) is 1. The number of aliphatic carboxylic acids is 1. The quantitative estimate of drug-likeness (QED) is 0.688. The van der Waals surface area contributed by atoms with Crippen molar-refractivity contribution in [1.82, 2.24) is 5.32 Å². The van der Waals surface area contributed by atoms with Crippen molar-refractivity contribution in [2.75, 3.05) is 19.8 Å². The molecular weight excluding hydrogens is 182 g/mol. The fourth-order valence-electron chi connectivity index (χ4n) is 1.52. The molecule has 1 aliphatic rings. The summed E-state index contributed by atoms with van der Waals surface area (Å²) in [5, 5.41) is 12.0. The smallest absolute Gasteiger partial charge is 0.320 e. The first-order chi connectivity index (χ1) is 6.44. The van der Waals surface area contributed by atoms with E-state index in [-0.39, 0.29) is 11.3 Å². The van der Waals surface area contributed by atoms with Crippen LogP contribution in [0.1, 0.15) is 20.8 Å². The Bertz CT molecular complexity index is 211. The average Bonchev–Trinajstić information content (AvgIpc) is 2.00. The van der Waals surface area contributed by atoms with Crippen molar-refractivity contribution in [2.45, 2.75) is 26.8 Å². The lowest BCUT2D eigenvalue weighted by molar-refractivity contribution is -0.142. The SMILES string of the molecule is CC(C)C(NCC1(C)COC1)C(=O)O. The molecule has 1 unspecified atom stereocenters. The third kappa shape index (κ3) is 2.69. The standard InChI is InChI=1S/C10H19NO3/c1-7(2)8(9(12)13)11-4-10(3)5-14-6-10/h7-8,11H,4-6H2,1-3H3,(H,12,13). The van der Waals surface area contributed by atoms with Gasteiger partial charge in [0, 0.05) is 12.0 Å². The zero-order valence-corrected chi connectivity index (χ0v) is 9.04. The second-order valence-corrected chi connectivity index (χ2v) is 4.74. The summed E-state index contributed by atoms with van der Waals surface area (Å²) in [6, 6.07) is -0.451. The van der Waals surface area contributed by atoms with Gasteiger partial charge in [0.2, 0.25) is 0 Å². The average molecular weight is 201 g/mol. The van der Waals surface area contributed by atoms with E-state index in [9.17, 15) is 4.79 Å². The van der Waals surface area contributed by atoms with Crippen LogP contribution in [-0.4, -0.2) is 36.9 Å². The summed E-state index contributed by atoms with van der Waals surface area (Å²) < 4.78 is 5.10. The van der Waals surface area contributed by atoms with Crippen LogP contribution < -0.4 is 5.32 Å². The maximum Gasteiger partial charge on any atom is 0.320 e. The van der Waals surface area contributed by atoms with E-state index in [1.54, 1.807) is 0 Å². The highest BCUT2D eigenvalue weighted by Crippen LogP contribution is 2.25. The van der Waals surface area contributed by atoms with Gasteiger partial charge in [-0.25, -0.2) is 0 Å². The summed E-state index contributed by atoms with van der Waals surface area (Å²) in [6.07, 6.45) is 0. The maximum absolute atomic E-state index is 10.9. The molecule has 0 saturated carbocycles. The van der Waals surface area contributed by atoms with Gasteiger partial charge in [-0.1, -0.05) is 20.8 Å². The Morgan fingerprint density at radius 1 is 1.57 bits per heavy atom. The van der Waals surface area contributed by atoms with Gasteiger partial charge in [-0.3, -0.25) is 4.79 Å². The van der Waals surface area contributed by atoms with E-state index in [4.69, 9.17) is 9.84 Å². The summed E-state index contributed by atoms with van der Waals surface area (Å²) in [7, 11) is 0. The molecule has 1 saturated heterocycles. The van der Waals surface area contributed by atoms with E-state index in [0.717, 1.165) is 13.2 Å².